The number of esters is 1. The summed E-state index contributed by atoms with van der Waals surface area (Å²) in [4.78, 5) is 155. The fourth-order valence-corrected chi connectivity index (χ4v) is 24.0. The molecule has 0 radical (unpaired) electrons. The van der Waals surface area contributed by atoms with Crippen LogP contribution in [-0.2, 0) is 57.8 Å². The number of para-hydroxylation sites is 3. The van der Waals surface area contributed by atoms with E-state index in [1.807, 2.05) is 163 Å². The first-order chi connectivity index (χ1) is 62.1. The molecule has 6 aromatic carbocycles. The monoisotopic (exact) mass is 1820 g/mol. The van der Waals surface area contributed by atoms with Gasteiger partial charge in [-0.2, -0.15) is 0 Å². The molecule has 10 heterocycles. The van der Waals surface area contributed by atoms with Crippen molar-refractivity contribution in [1.29, 1.82) is 0 Å². The van der Waals surface area contributed by atoms with E-state index < -0.39 is 38.8 Å². The van der Waals surface area contributed by atoms with E-state index in [4.69, 9.17) is 4.74 Å². The molecule has 1 aromatic heterocycles. The van der Waals surface area contributed by atoms with E-state index in [0.29, 0.717) is 116 Å². The van der Waals surface area contributed by atoms with Gasteiger partial charge in [-0.3, -0.25) is 33.8 Å². The van der Waals surface area contributed by atoms with Crippen LogP contribution in [0.3, 0.4) is 0 Å². The molecule has 29 heteroatoms. The minimum absolute atomic E-state index is 0. The van der Waals surface area contributed by atoms with Crippen LogP contribution in [0.4, 0.5) is 40.2 Å². The number of fused-ring (bicyclic) bond motifs is 3. The second-order valence-corrected chi connectivity index (χ2v) is 41.8. The Morgan fingerprint density at radius 2 is 0.922 bits per heavy atom. The van der Waals surface area contributed by atoms with Crippen molar-refractivity contribution in [1.82, 2.24) is 49.1 Å². The largest absolute Gasteiger partial charge is 0.467 e. The second-order valence-electron chi connectivity index (χ2n) is 38.0. The third-order valence-corrected chi connectivity index (χ3v) is 31.3. The summed E-state index contributed by atoms with van der Waals surface area (Å²) in [5.41, 5.74) is 10.3. The first-order valence-electron chi connectivity index (χ1n) is 45.9. The summed E-state index contributed by atoms with van der Waals surface area (Å²) < 4.78 is 33.6. The number of carbonyl (C=O) groups is 10. The number of likely N-dealkylation sites (tertiary alicyclic amines) is 3. The van der Waals surface area contributed by atoms with Crippen LogP contribution in [-0.4, -0.2) is 215 Å². The Bertz CT molecular complexity index is 5210. The molecule has 17 rings (SSSR count). The summed E-state index contributed by atoms with van der Waals surface area (Å²) in [6.07, 6.45) is 16.7. The highest BCUT2D eigenvalue weighted by molar-refractivity contribution is 8.01. The molecule has 6 unspecified atom stereocenters. The Kier molecular flexibility index (Phi) is 30.1. The molecular formula is C100H125F2N13O11S3. The standard InChI is InChI=1S/C35H41N5O3S.C34H42N4O5S.C31H38F2N4O3S.2H2/c1-35(2,3)16-20-39-32(42)30(44-33(39)28-12-6-5-11-27(28)24-10-8-17-36-22-24)21-31(41)38-18-14-26(15-19-38)40-23-25-9-4-7-13-29(25)37-34(40)43;1-43-33(41)28(20-23-10-4-2-5-11-23)38-31(40)29(44-32(38)24-12-6-3-7-13-24)21-30(39)36-18-16-26(17-19-36)37-22-25-14-8-9-15-27(25)35-34(37)42;1-31(2,3)13-17-37-28(39)26(41-29(37)23-9-8-21(32)18-24(23)33)19-27(38)35-14-11-22(12-15-35)36-16-10-20-6-4-5-7-25(20)34-30(36)40;;/h4-13,17,22,26,30,33H,14-16,18-21,23H2,1-3H3,(H,37,43);3,6-9,12-15,23,26,28-29,32H,2,4-5,10-11,16-22H2,1H3,(H,35,42);4-9,18,22,26,29H,10-17,19H2,1-3H3,(H,34,40);2*1H/t;28-,29?,32?;;;/m.0.../s1. The van der Waals surface area contributed by atoms with E-state index in [1.54, 1.807) is 32.7 Å². The van der Waals surface area contributed by atoms with Gasteiger partial charge in [0.2, 0.25) is 35.4 Å². The molecule has 9 aliphatic heterocycles. The number of pyridine rings is 1. The van der Waals surface area contributed by atoms with E-state index in [1.165, 1.54) is 49.2 Å². The number of nitrogens with one attached hydrogen (secondary N) is 3. The number of methoxy groups -OCH3 is 1. The molecule has 0 bridgehead atoms. The maximum absolute atomic E-state index is 14.8. The lowest BCUT2D eigenvalue weighted by atomic mass is 9.84. The Balaban J connectivity index is 0.000000166. The van der Waals surface area contributed by atoms with Crippen molar-refractivity contribution in [2.24, 2.45) is 16.7 Å². The molecule has 24 nitrogen and oxygen atoms in total. The van der Waals surface area contributed by atoms with Crippen molar-refractivity contribution in [2.75, 3.05) is 82.0 Å². The van der Waals surface area contributed by atoms with Crippen molar-refractivity contribution >= 4 is 112 Å². The number of aromatic nitrogens is 1. The molecule has 7 atom stereocenters. The van der Waals surface area contributed by atoms with Gasteiger partial charge >= 0.3 is 24.1 Å². The van der Waals surface area contributed by atoms with Gasteiger partial charge in [-0.05, 0) is 145 Å². The number of amides is 12. The molecule has 0 spiro atoms. The zero-order valence-electron chi connectivity index (χ0n) is 75.0. The van der Waals surface area contributed by atoms with Crippen LogP contribution in [0.5, 0.6) is 0 Å². The number of urea groups is 3. The maximum atomic E-state index is 14.8. The number of carbonyl (C=O) groups excluding carboxylic acids is 10. The van der Waals surface area contributed by atoms with Crippen LogP contribution < -0.4 is 16.0 Å². The molecular weight excluding hydrogens is 1690 g/mol. The van der Waals surface area contributed by atoms with Crippen molar-refractivity contribution in [3.05, 3.63) is 215 Å². The number of thioether (sulfide) groups is 3. The molecule has 7 aromatic rings. The quantitative estimate of drug-likeness (QED) is 0.0565. The lowest BCUT2D eigenvalue weighted by Gasteiger charge is -2.40. The highest BCUT2D eigenvalue weighted by atomic mass is 32.2. The molecule has 688 valence electrons. The number of nitrogens with zero attached hydrogens (tertiary/aromatic N) is 10. The van der Waals surface area contributed by atoms with Crippen LogP contribution >= 0.6 is 35.3 Å². The molecule has 7 fully saturated rings. The average Bonchev–Trinajstić information content (AvgIpc) is 1.69. The third kappa shape index (κ3) is 22.6. The van der Waals surface area contributed by atoms with E-state index in [0.717, 1.165) is 113 Å². The smallest absolute Gasteiger partial charge is 0.328 e. The fourth-order valence-electron chi connectivity index (χ4n) is 19.5. The van der Waals surface area contributed by atoms with Crippen LogP contribution in [0.1, 0.15) is 203 Å². The minimum atomic E-state index is -0.689. The van der Waals surface area contributed by atoms with E-state index in [-0.39, 0.29) is 127 Å². The highest BCUT2D eigenvalue weighted by Gasteiger charge is 2.51. The summed E-state index contributed by atoms with van der Waals surface area (Å²) in [7, 11) is 1.39. The Morgan fingerprint density at radius 3 is 1.41 bits per heavy atom. The normalized spacial score (nSPS) is 22.2. The summed E-state index contributed by atoms with van der Waals surface area (Å²) >= 11 is 4.33. The Hall–Kier alpha value is -10.5. The molecule has 10 aliphatic rings. The van der Waals surface area contributed by atoms with Gasteiger partial charge in [0.05, 0.1) is 22.9 Å². The number of rotatable bonds is 21. The predicted molar refractivity (Wildman–Crippen MR) is 505 cm³/mol. The number of hydrogen-bond donors (Lipinski definition) is 3. The van der Waals surface area contributed by atoms with Gasteiger partial charge in [-0.25, -0.2) is 28.0 Å². The summed E-state index contributed by atoms with van der Waals surface area (Å²) in [6.45, 7) is 18.9. The van der Waals surface area contributed by atoms with Gasteiger partial charge in [0, 0.05) is 159 Å². The molecule has 1 aliphatic carbocycles. The van der Waals surface area contributed by atoms with Crippen LogP contribution in [0, 0.1) is 28.4 Å². The third-order valence-electron chi connectivity index (χ3n) is 26.9. The van der Waals surface area contributed by atoms with E-state index in [2.05, 4.69) is 74.6 Å². The molecule has 6 saturated heterocycles. The molecule has 12 amide bonds. The fraction of sp³-hybridized carbons (Fsp3) is 0.490. The van der Waals surface area contributed by atoms with Crippen molar-refractivity contribution in [2.45, 2.75) is 226 Å². The van der Waals surface area contributed by atoms with Gasteiger partial charge in [0.25, 0.3) is 0 Å². The minimum Gasteiger partial charge on any atom is -0.467 e. The number of benzene rings is 6. The van der Waals surface area contributed by atoms with Crippen molar-refractivity contribution in [3.63, 3.8) is 0 Å². The first kappa shape index (κ1) is 93.2. The zero-order chi connectivity index (χ0) is 90.8. The van der Waals surface area contributed by atoms with E-state index >= 15 is 0 Å². The summed E-state index contributed by atoms with van der Waals surface area (Å²) in [5.74, 6) is -1.83. The highest BCUT2D eigenvalue weighted by Crippen LogP contribution is 2.51. The topological polar surface area (TPSA) is 258 Å². The second kappa shape index (κ2) is 41.7. The van der Waals surface area contributed by atoms with Crippen LogP contribution in [0.25, 0.3) is 11.1 Å². The van der Waals surface area contributed by atoms with Crippen LogP contribution in [0.15, 0.2) is 170 Å². The SMILES string of the molecule is CC(C)(C)CCN1C(=O)C(CC(=O)N2CCC(N3CCc4ccccc4NC3=O)CC2)SC1c1ccc(F)cc1F.CC(C)(C)CCN1C(=O)C(CC(=O)N2CCC(N3Cc4ccccc4NC3=O)CC2)SC1c1ccccc1-c1cccnc1.COC(=O)[C@H](CC1CCCCC1)N1C(=O)C(CC(=O)N2CCC(N3Cc4ccccc4NC3=O)CC2)SC1c1ccccc1.[HH].[HH]. The summed E-state index contributed by atoms with van der Waals surface area (Å²) in [6, 6.07) is 48.2. The van der Waals surface area contributed by atoms with Gasteiger partial charge in [0.1, 0.15) is 33.8 Å². The number of hydrogen-bond acceptors (Lipinski definition) is 15. The Labute approximate surface area is 771 Å². The van der Waals surface area contributed by atoms with Crippen molar-refractivity contribution in [3.8, 4) is 11.1 Å². The predicted octanol–water partition coefficient (Wildman–Crippen LogP) is 18.4. The van der Waals surface area contributed by atoms with Gasteiger partial charge in [0.15, 0.2) is 0 Å². The number of ether oxygens (including phenoxy) is 1. The zero-order valence-corrected chi connectivity index (χ0v) is 77.4. The lowest BCUT2D eigenvalue weighted by molar-refractivity contribution is -0.154. The molecule has 129 heavy (non-hydrogen) atoms. The van der Waals surface area contributed by atoms with Crippen molar-refractivity contribution < 1.29 is 64.3 Å². The maximum Gasteiger partial charge on any atom is 0.328 e. The average molecular weight is 1820 g/mol. The van der Waals surface area contributed by atoms with Crippen LogP contribution in [0.2, 0.25) is 0 Å². The van der Waals surface area contributed by atoms with Gasteiger partial charge in [-0.1, -0.05) is 195 Å². The molecule has 1 saturated carbocycles. The van der Waals surface area contributed by atoms with Gasteiger partial charge in [-0.15, -0.1) is 35.3 Å². The van der Waals surface area contributed by atoms with Gasteiger partial charge < -0.3 is 64.8 Å². The number of anilines is 3. The number of halogens is 2. The number of piperidine rings is 3. The lowest BCUT2D eigenvalue weighted by Crippen LogP contribution is -2.51. The first-order valence-corrected chi connectivity index (χ1v) is 48.7. The van der Waals surface area contributed by atoms with E-state index in [9.17, 15) is 56.7 Å². The molecule has 3 N–H and O–H groups in total. The summed E-state index contributed by atoms with van der Waals surface area (Å²) in [5, 5.41) is 6.23. The Morgan fingerprint density at radius 1 is 0.481 bits per heavy atom.